The first-order chi connectivity index (χ1) is 49.9. The number of aromatic nitrogens is 1. The molecule has 4 aromatic carbocycles. The lowest BCUT2D eigenvalue weighted by Crippen LogP contribution is -2.61. The topological polar surface area (TPSA) is 585 Å². The zero-order valence-electron chi connectivity index (χ0n) is 57.8. The highest BCUT2D eigenvalue weighted by atomic mass is 16.4. The van der Waals surface area contributed by atoms with Crippen LogP contribution in [0, 0.1) is 11.3 Å². The lowest BCUT2D eigenvalue weighted by molar-refractivity contribution is -0.143. The molecule has 0 bridgehead atoms. The molecule has 0 spiro atoms. The van der Waals surface area contributed by atoms with Crippen molar-refractivity contribution in [1.29, 1.82) is 5.41 Å². The van der Waals surface area contributed by atoms with E-state index in [1.807, 2.05) is 24.3 Å². The number of aromatic amines is 1. The molecule has 0 unspecified atom stereocenters. The average molecular weight is 1460 g/mol. The van der Waals surface area contributed by atoms with Crippen molar-refractivity contribution in [3.63, 3.8) is 0 Å². The molecule has 0 radical (unpaired) electrons. The summed E-state index contributed by atoms with van der Waals surface area (Å²) in [5, 5.41) is 94.1. The van der Waals surface area contributed by atoms with Crippen LogP contribution in [-0.2, 0) is 88.0 Å². The summed E-state index contributed by atoms with van der Waals surface area (Å²) in [7, 11) is 0. The van der Waals surface area contributed by atoms with Crippen molar-refractivity contribution < 1.29 is 93.0 Å². The molecule has 2 heterocycles. The number of aliphatic carboxylic acids is 2. The zero-order chi connectivity index (χ0) is 77.0. The summed E-state index contributed by atoms with van der Waals surface area (Å²) in [6.45, 7) is 1.10. The van der Waals surface area contributed by atoms with Gasteiger partial charge >= 0.3 is 11.9 Å². The van der Waals surface area contributed by atoms with Crippen LogP contribution in [-0.4, -0.2) is 216 Å². The highest BCUT2D eigenvalue weighted by Gasteiger charge is 2.41. The number of nitrogens with one attached hydrogen (secondary N) is 12. The summed E-state index contributed by atoms with van der Waals surface area (Å²) >= 11 is 0. The molecule has 1 aliphatic heterocycles. The summed E-state index contributed by atoms with van der Waals surface area (Å²) in [4.78, 5) is 183. The number of aliphatic hydroxyl groups is 2. The van der Waals surface area contributed by atoms with Gasteiger partial charge in [0.05, 0.1) is 25.7 Å². The third-order valence-corrected chi connectivity index (χ3v) is 17.1. The van der Waals surface area contributed by atoms with E-state index in [1.165, 1.54) is 48.5 Å². The number of nitrogens with two attached hydrogens (primary N) is 3. The number of fused-ring (bicyclic) bond motifs is 1. The van der Waals surface area contributed by atoms with Crippen LogP contribution in [0.2, 0.25) is 0 Å². The van der Waals surface area contributed by atoms with Gasteiger partial charge in [-0.15, -0.1) is 0 Å². The Morgan fingerprint density at radius 2 is 1.00 bits per heavy atom. The maximum atomic E-state index is 14.7. The molecule has 24 N–H and O–H groups in total. The fraction of sp³-hybridized carbons (Fsp3) is 0.429. The van der Waals surface area contributed by atoms with Crippen molar-refractivity contribution >= 4 is 93.8 Å². The van der Waals surface area contributed by atoms with Crippen molar-refractivity contribution in [2.45, 2.75) is 157 Å². The number of carboxylic acids is 2. The molecule has 35 nitrogen and oxygen atoms in total. The predicted octanol–water partition coefficient (Wildman–Crippen LogP) is -3.35. The van der Waals surface area contributed by atoms with Gasteiger partial charge in [0.1, 0.15) is 71.9 Å². The third kappa shape index (κ3) is 25.9. The summed E-state index contributed by atoms with van der Waals surface area (Å²) in [5.41, 5.74) is 20.1. The lowest BCUT2D eigenvalue weighted by atomic mass is 10.0. The van der Waals surface area contributed by atoms with E-state index >= 15 is 0 Å². The highest BCUT2D eigenvalue weighted by molar-refractivity contribution is 6.00. The molecule has 6 rings (SSSR count). The first-order valence-electron chi connectivity index (χ1n) is 33.9. The molecule has 1 saturated heterocycles. The zero-order valence-corrected chi connectivity index (χ0v) is 57.8. The van der Waals surface area contributed by atoms with Crippen molar-refractivity contribution in [1.82, 2.24) is 63.1 Å². The number of aliphatic hydroxyl groups excluding tert-OH is 2. The van der Waals surface area contributed by atoms with Crippen molar-refractivity contribution in [2.75, 3.05) is 26.3 Å². The Hall–Kier alpha value is -11.7. The number of para-hydroxylation sites is 1. The van der Waals surface area contributed by atoms with Crippen LogP contribution in [0.5, 0.6) is 11.5 Å². The van der Waals surface area contributed by atoms with Gasteiger partial charge in [0, 0.05) is 55.9 Å². The van der Waals surface area contributed by atoms with E-state index in [9.17, 15) is 93.0 Å². The number of hydrogen-bond donors (Lipinski definition) is 21. The monoisotopic (exact) mass is 1460 g/mol. The van der Waals surface area contributed by atoms with E-state index < -0.39 is 188 Å². The number of guanidine groups is 1. The van der Waals surface area contributed by atoms with Crippen LogP contribution in [0.1, 0.15) is 87.5 Å². The van der Waals surface area contributed by atoms with E-state index in [0.29, 0.717) is 16.7 Å². The lowest BCUT2D eigenvalue weighted by Gasteiger charge is -2.30. The Labute approximate surface area is 602 Å². The maximum Gasteiger partial charge on any atom is 0.326 e. The molecular weight excluding hydrogens is 1370 g/mol. The average Bonchev–Trinajstić information content (AvgIpc) is 1.68. The number of carbonyl (C=O) groups excluding carboxylic acids is 11. The number of hydrogen-bond acceptors (Lipinski definition) is 19. The van der Waals surface area contributed by atoms with Crippen molar-refractivity contribution in [2.24, 2.45) is 23.1 Å². The number of likely N-dealkylation sites (tertiary alicyclic amines) is 1. The van der Waals surface area contributed by atoms with Gasteiger partial charge in [0.15, 0.2) is 5.96 Å². The molecule has 0 saturated carbocycles. The standard InChI is InChI=1S/C70H92N16O19/c1-37(2)28-53(69(104)105)83-65(100)52(33-57(72)91)82-61(96)48(24-25-58(92)93)78-63(98)50(29-38-10-4-3-5-11-38)80-64(99)51(31-40-18-22-43(90)23-19-40)81-66(101)54(35-87)84-67(102)56-15-9-27-86(56)68(103)55(36-88)85-60(95)47(14-8-26-75-70(73)74)77-62(97)49(30-39-16-20-42(89)21-17-39)79-59(94)45(71)32-41-34-76-46-13-7-6-12-44(41)46/h3-7,10-13,16-23,34,37,45,47-56,76,87-90H,8-9,14-15,24-33,35-36,71H2,1-2H3,(H2,72,91)(H,77,97)(H,78,98)(H,79,94)(H,80,99)(H,81,101)(H,82,96)(H,83,100)(H,84,102)(H,85,95)(H,92,93)(H,104,105)(H4,73,74,75)/t45-,47-,48-,49-,50-,51-,52-,53-,54-,55-,56-/m0/s1. The molecule has 0 aliphatic carbocycles. The molecule has 1 fully saturated rings. The van der Waals surface area contributed by atoms with Gasteiger partial charge in [-0.25, -0.2) is 4.79 Å². The van der Waals surface area contributed by atoms with Gasteiger partial charge in [-0.05, 0) is 103 Å². The second-order valence-corrected chi connectivity index (χ2v) is 25.8. The van der Waals surface area contributed by atoms with E-state index in [4.69, 9.17) is 22.6 Å². The van der Waals surface area contributed by atoms with Gasteiger partial charge in [-0.3, -0.25) is 62.9 Å². The second kappa shape index (κ2) is 40.2. The van der Waals surface area contributed by atoms with Crippen molar-refractivity contribution in [3.05, 3.63) is 132 Å². The Bertz CT molecular complexity index is 3880. The minimum absolute atomic E-state index is 0.0310. The third-order valence-electron chi connectivity index (χ3n) is 17.1. The summed E-state index contributed by atoms with van der Waals surface area (Å²) in [6.07, 6.45) is -1.40. The molecule has 1 aliphatic rings. The summed E-state index contributed by atoms with van der Waals surface area (Å²) in [5.74, 6) is -15.3. The molecule has 105 heavy (non-hydrogen) atoms. The maximum absolute atomic E-state index is 14.7. The van der Waals surface area contributed by atoms with Crippen molar-refractivity contribution in [3.8, 4) is 11.5 Å². The van der Waals surface area contributed by atoms with Crippen LogP contribution in [0.4, 0.5) is 0 Å². The largest absolute Gasteiger partial charge is 0.508 e. The number of nitrogens with zero attached hydrogens (tertiary/aromatic N) is 1. The Kier molecular flexibility index (Phi) is 31.5. The number of phenolic OH excluding ortho intramolecular Hbond substituents is 2. The molecule has 1 aromatic heterocycles. The number of H-pyrrole nitrogens is 1. The second-order valence-electron chi connectivity index (χ2n) is 25.8. The van der Waals surface area contributed by atoms with Gasteiger partial charge in [-0.2, -0.15) is 0 Å². The molecule has 5 aromatic rings. The first kappa shape index (κ1) is 82.2. The van der Waals surface area contributed by atoms with E-state index in [-0.39, 0.29) is 81.9 Å². The normalized spacial score (nSPS) is 15.4. The molecule has 11 atom stereocenters. The van der Waals surface area contributed by atoms with Gasteiger partial charge in [0.25, 0.3) is 0 Å². The number of primary amides is 1. The van der Waals surface area contributed by atoms with E-state index in [2.05, 4.69) is 58.2 Å². The number of rotatable bonds is 41. The van der Waals surface area contributed by atoms with Gasteiger partial charge in [0.2, 0.25) is 65.0 Å². The van der Waals surface area contributed by atoms with Crippen LogP contribution in [0.25, 0.3) is 10.9 Å². The molecule has 35 heteroatoms. The molecular formula is C70H92N16O19. The smallest absolute Gasteiger partial charge is 0.326 e. The number of amides is 11. The molecule has 11 amide bonds. The summed E-state index contributed by atoms with van der Waals surface area (Å²) < 4.78 is 0. The fourth-order valence-electron chi connectivity index (χ4n) is 11.6. The fourth-order valence-corrected chi connectivity index (χ4v) is 11.6. The van der Waals surface area contributed by atoms with Crippen LogP contribution in [0.3, 0.4) is 0 Å². The Morgan fingerprint density at radius 3 is 1.51 bits per heavy atom. The van der Waals surface area contributed by atoms with Gasteiger partial charge < -0.3 is 111 Å². The van der Waals surface area contributed by atoms with E-state index in [0.717, 1.165) is 21.4 Å². The number of phenols is 2. The predicted molar refractivity (Wildman–Crippen MR) is 377 cm³/mol. The van der Waals surface area contributed by atoms with E-state index in [1.54, 1.807) is 50.4 Å². The SMILES string of the molecule is CC(C)C[C@H](NC(=O)[C@H](CC(N)=O)NC(=O)[C@H](CCC(=O)O)NC(=O)[C@H](Cc1ccccc1)NC(=O)[C@H](Cc1ccc(O)cc1)NC(=O)[C@H](CO)NC(=O)[C@@H]1CCCN1C(=O)[C@H](CO)NC(=O)[C@H](CCCNC(=N)N)NC(=O)[C@H](Cc1ccc(O)cc1)NC(=O)[C@@H](N)Cc1c[nH]c2ccccc12)C(=O)O. The van der Waals surface area contributed by atoms with Crippen LogP contribution in [0.15, 0.2) is 109 Å². The summed E-state index contributed by atoms with van der Waals surface area (Å²) in [6, 6.07) is 8.84. The molecule has 566 valence electrons. The minimum Gasteiger partial charge on any atom is -0.508 e. The quantitative estimate of drug-likeness (QED) is 0.0103. The first-order valence-corrected chi connectivity index (χ1v) is 33.9. The Morgan fingerprint density at radius 1 is 0.543 bits per heavy atom. The number of carbonyl (C=O) groups is 13. The number of benzene rings is 4. The number of aromatic hydroxyl groups is 2. The van der Waals surface area contributed by atoms with Gasteiger partial charge in [-0.1, -0.05) is 86.6 Å². The minimum atomic E-state index is -1.87. The highest BCUT2D eigenvalue weighted by Crippen LogP contribution is 2.22. The van der Waals surface area contributed by atoms with Crippen LogP contribution < -0.4 is 70.4 Å². The Balaban J connectivity index is 1.19. The van der Waals surface area contributed by atoms with Crippen LogP contribution >= 0.6 is 0 Å². The number of carboxylic acid groups (broad SMARTS) is 2.